The summed E-state index contributed by atoms with van der Waals surface area (Å²) in [7, 11) is 1.71. The highest BCUT2D eigenvalue weighted by Gasteiger charge is 2.37. The van der Waals surface area contributed by atoms with Crippen LogP contribution in [0.25, 0.3) is 0 Å². The molecule has 0 aromatic carbocycles. The fraction of sp³-hybridized carbons (Fsp3) is 0.929. The molecular formula is C14H28N2O3. The SMILES string of the molecule is CCC1COC(C)CN1C(C)CC(C)(NC)C(=O)O. The molecule has 112 valence electrons. The molecule has 0 saturated carbocycles. The molecule has 19 heavy (non-hydrogen) atoms. The van der Waals surface area contributed by atoms with Crippen LogP contribution in [-0.2, 0) is 9.53 Å². The number of ether oxygens (including phenoxy) is 1. The molecule has 4 unspecified atom stereocenters. The normalized spacial score (nSPS) is 29.7. The van der Waals surface area contributed by atoms with Crippen molar-refractivity contribution in [3.8, 4) is 0 Å². The van der Waals surface area contributed by atoms with E-state index in [1.54, 1.807) is 14.0 Å². The van der Waals surface area contributed by atoms with E-state index in [1.165, 1.54) is 0 Å². The highest BCUT2D eigenvalue weighted by molar-refractivity contribution is 5.78. The van der Waals surface area contributed by atoms with Crippen LogP contribution in [0.2, 0.25) is 0 Å². The van der Waals surface area contributed by atoms with Crippen LogP contribution in [0.15, 0.2) is 0 Å². The average Bonchev–Trinajstić information content (AvgIpc) is 2.38. The number of rotatable bonds is 6. The summed E-state index contributed by atoms with van der Waals surface area (Å²) < 4.78 is 5.69. The minimum Gasteiger partial charge on any atom is -0.480 e. The van der Waals surface area contributed by atoms with Crippen molar-refractivity contribution >= 4 is 5.97 Å². The van der Waals surface area contributed by atoms with Crippen molar-refractivity contribution in [2.24, 2.45) is 0 Å². The Morgan fingerprint density at radius 3 is 2.74 bits per heavy atom. The molecule has 5 nitrogen and oxygen atoms in total. The molecule has 1 aliphatic rings. The van der Waals surface area contributed by atoms with Gasteiger partial charge in [-0.05, 0) is 40.7 Å². The van der Waals surface area contributed by atoms with Crippen molar-refractivity contribution in [1.82, 2.24) is 10.2 Å². The third kappa shape index (κ3) is 3.91. The smallest absolute Gasteiger partial charge is 0.323 e. The number of nitrogens with zero attached hydrogens (tertiary/aromatic N) is 1. The fourth-order valence-corrected chi connectivity index (χ4v) is 2.77. The van der Waals surface area contributed by atoms with Crippen LogP contribution < -0.4 is 5.32 Å². The molecular weight excluding hydrogens is 244 g/mol. The second-order valence-corrected chi connectivity index (χ2v) is 5.84. The molecule has 0 amide bonds. The van der Waals surface area contributed by atoms with Crippen LogP contribution in [0, 0.1) is 0 Å². The minimum atomic E-state index is -0.876. The van der Waals surface area contributed by atoms with Crippen molar-refractivity contribution in [1.29, 1.82) is 0 Å². The predicted molar refractivity (Wildman–Crippen MR) is 75.4 cm³/mol. The molecule has 5 heteroatoms. The zero-order valence-corrected chi connectivity index (χ0v) is 12.8. The van der Waals surface area contributed by atoms with Gasteiger partial charge in [0.25, 0.3) is 0 Å². The van der Waals surface area contributed by atoms with E-state index in [0.29, 0.717) is 12.5 Å². The molecule has 4 atom stereocenters. The monoisotopic (exact) mass is 272 g/mol. The van der Waals surface area contributed by atoms with E-state index in [2.05, 4.69) is 31.0 Å². The summed E-state index contributed by atoms with van der Waals surface area (Å²) in [5.74, 6) is -0.795. The summed E-state index contributed by atoms with van der Waals surface area (Å²) in [5, 5.41) is 12.3. The fourth-order valence-electron chi connectivity index (χ4n) is 2.77. The third-order valence-corrected chi connectivity index (χ3v) is 4.27. The number of aliphatic carboxylic acids is 1. The Bertz CT molecular complexity index is 311. The quantitative estimate of drug-likeness (QED) is 0.764. The van der Waals surface area contributed by atoms with Gasteiger partial charge in [-0.1, -0.05) is 6.92 Å². The van der Waals surface area contributed by atoms with Crippen molar-refractivity contribution in [3.63, 3.8) is 0 Å². The van der Waals surface area contributed by atoms with Crippen molar-refractivity contribution in [2.45, 2.75) is 64.3 Å². The van der Waals surface area contributed by atoms with Crippen LogP contribution >= 0.6 is 0 Å². The zero-order valence-electron chi connectivity index (χ0n) is 12.8. The maximum absolute atomic E-state index is 11.4. The average molecular weight is 272 g/mol. The predicted octanol–water partition coefficient (Wildman–Crippen LogP) is 1.33. The van der Waals surface area contributed by atoms with Gasteiger partial charge in [-0.15, -0.1) is 0 Å². The molecule has 0 aliphatic carbocycles. The van der Waals surface area contributed by atoms with Crippen molar-refractivity contribution in [3.05, 3.63) is 0 Å². The lowest BCUT2D eigenvalue weighted by Crippen LogP contribution is -2.57. The van der Waals surface area contributed by atoms with Gasteiger partial charge in [0, 0.05) is 18.6 Å². The lowest BCUT2D eigenvalue weighted by molar-refractivity contribution is -0.145. The first kappa shape index (κ1) is 16.4. The zero-order chi connectivity index (χ0) is 14.6. The maximum Gasteiger partial charge on any atom is 0.323 e. The molecule has 0 aromatic rings. The van der Waals surface area contributed by atoms with Gasteiger partial charge in [0.05, 0.1) is 12.7 Å². The first-order chi connectivity index (χ1) is 8.84. The van der Waals surface area contributed by atoms with E-state index < -0.39 is 11.5 Å². The van der Waals surface area contributed by atoms with Gasteiger partial charge >= 0.3 is 5.97 Å². The number of carboxylic acids is 1. The summed E-state index contributed by atoms with van der Waals surface area (Å²) in [4.78, 5) is 13.8. The van der Waals surface area contributed by atoms with E-state index in [9.17, 15) is 9.90 Å². The lowest BCUT2D eigenvalue weighted by atomic mass is 9.92. The van der Waals surface area contributed by atoms with Gasteiger partial charge in [0.2, 0.25) is 0 Å². The first-order valence-electron chi connectivity index (χ1n) is 7.13. The van der Waals surface area contributed by atoms with E-state index in [-0.39, 0.29) is 12.1 Å². The Kier molecular flexibility index (Phi) is 5.77. The Morgan fingerprint density at radius 2 is 2.26 bits per heavy atom. The van der Waals surface area contributed by atoms with Crippen LogP contribution in [-0.4, -0.2) is 59.9 Å². The van der Waals surface area contributed by atoms with Crippen molar-refractivity contribution < 1.29 is 14.6 Å². The second kappa shape index (κ2) is 6.68. The van der Waals surface area contributed by atoms with E-state index >= 15 is 0 Å². The van der Waals surface area contributed by atoms with Gasteiger partial charge in [0.15, 0.2) is 0 Å². The molecule has 1 rings (SSSR count). The number of likely N-dealkylation sites (N-methyl/N-ethyl adjacent to an activating group) is 1. The molecule has 0 radical (unpaired) electrons. The Hall–Kier alpha value is -0.650. The van der Waals surface area contributed by atoms with Gasteiger partial charge in [-0.3, -0.25) is 9.69 Å². The van der Waals surface area contributed by atoms with E-state index in [4.69, 9.17) is 4.74 Å². The number of carbonyl (C=O) groups is 1. The van der Waals surface area contributed by atoms with Gasteiger partial charge in [-0.25, -0.2) is 0 Å². The molecule has 1 aliphatic heterocycles. The summed E-state index contributed by atoms with van der Waals surface area (Å²) in [5.41, 5.74) is -0.876. The number of hydrogen-bond donors (Lipinski definition) is 2. The van der Waals surface area contributed by atoms with Crippen LogP contribution in [0.3, 0.4) is 0 Å². The van der Waals surface area contributed by atoms with E-state index in [0.717, 1.165) is 19.6 Å². The van der Waals surface area contributed by atoms with Crippen LogP contribution in [0.4, 0.5) is 0 Å². The van der Waals surface area contributed by atoms with Gasteiger partial charge in [-0.2, -0.15) is 0 Å². The number of carboxylic acid groups (broad SMARTS) is 1. The molecule has 0 spiro atoms. The second-order valence-electron chi connectivity index (χ2n) is 5.84. The Balaban J connectivity index is 2.74. The minimum absolute atomic E-state index is 0.213. The summed E-state index contributed by atoms with van der Waals surface area (Å²) in [6.07, 6.45) is 1.83. The Morgan fingerprint density at radius 1 is 1.63 bits per heavy atom. The molecule has 1 fully saturated rings. The lowest BCUT2D eigenvalue weighted by Gasteiger charge is -2.43. The molecule has 1 heterocycles. The number of morpholine rings is 1. The summed E-state index contributed by atoms with van der Waals surface area (Å²) >= 11 is 0. The Labute approximate surface area is 116 Å². The topological polar surface area (TPSA) is 61.8 Å². The summed E-state index contributed by atoms with van der Waals surface area (Å²) in [6.45, 7) is 9.69. The van der Waals surface area contributed by atoms with Crippen molar-refractivity contribution in [2.75, 3.05) is 20.2 Å². The van der Waals surface area contributed by atoms with Gasteiger partial charge < -0.3 is 15.2 Å². The molecule has 0 aromatic heterocycles. The van der Waals surface area contributed by atoms with Crippen LogP contribution in [0.5, 0.6) is 0 Å². The maximum atomic E-state index is 11.4. The highest BCUT2D eigenvalue weighted by Crippen LogP contribution is 2.23. The third-order valence-electron chi connectivity index (χ3n) is 4.27. The highest BCUT2D eigenvalue weighted by atomic mass is 16.5. The molecule has 1 saturated heterocycles. The standard InChI is InChI=1S/C14H28N2O3/c1-6-12-9-19-11(3)8-16(12)10(2)7-14(4,15-5)13(17)18/h10-12,15H,6-9H2,1-5H3,(H,17,18). The first-order valence-corrected chi connectivity index (χ1v) is 7.13. The van der Waals surface area contributed by atoms with Gasteiger partial charge in [0.1, 0.15) is 5.54 Å². The number of nitrogens with one attached hydrogen (secondary N) is 1. The largest absolute Gasteiger partial charge is 0.480 e. The van der Waals surface area contributed by atoms with E-state index in [1.807, 2.05) is 0 Å². The molecule has 0 bridgehead atoms. The number of hydrogen-bond acceptors (Lipinski definition) is 4. The molecule has 2 N–H and O–H groups in total. The van der Waals surface area contributed by atoms with Crippen LogP contribution in [0.1, 0.15) is 40.5 Å². The summed E-state index contributed by atoms with van der Waals surface area (Å²) in [6, 6.07) is 0.603.